The molecule has 2 aliphatic rings. The lowest BCUT2D eigenvalue weighted by atomic mass is 9.88. The monoisotopic (exact) mass is 382 g/mol. The molecule has 1 aromatic carbocycles. The first-order valence-electron chi connectivity index (χ1n) is 10.5. The summed E-state index contributed by atoms with van der Waals surface area (Å²) in [5.41, 5.74) is 2.07. The number of H-pyrrole nitrogens is 1. The molecule has 6 nitrogen and oxygen atoms in total. The molecule has 0 radical (unpaired) electrons. The quantitative estimate of drug-likeness (QED) is 0.826. The molecule has 2 aromatic rings. The zero-order valence-corrected chi connectivity index (χ0v) is 16.6. The second kappa shape index (κ2) is 8.67. The van der Waals surface area contributed by atoms with E-state index in [2.05, 4.69) is 26.5 Å². The molecule has 1 saturated heterocycles. The minimum Gasteiger partial charge on any atom is -0.497 e. The van der Waals surface area contributed by atoms with Gasteiger partial charge in [0.15, 0.2) is 5.82 Å². The number of carbonyl (C=O) groups excluding carboxylic acids is 1. The lowest BCUT2D eigenvalue weighted by Gasteiger charge is -2.34. The molecule has 28 heavy (non-hydrogen) atoms. The lowest BCUT2D eigenvalue weighted by molar-refractivity contribution is -0.126. The number of nitrogens with one attached hydrogen (secondary N) is 2. The molecule has 1 amide bonds. The summed E-state index contributed by atoms with van der Waals surface area (Å²) in [6.45, 7) is 1.80. The summed E-state index contributed by atoms with van der Waals surface area (Å²) in [5, 5.41) is 11.0. The maximum Gasteiger partial charge on any atom is 0.223 e. The smallest absolute Gasteiger partial charge is 0.223 e. The van der Waals surface area contributed by atoms with Gasteiger partial charge in [-0.2, -0.15) is 5.10 Å². The molecule has 1 aliphatic carbocycles. The van der Waals surface area contributed by atoms with Crippen molar-refractivity contribution in [2.24, 2.45) is 5.92 Å². The van der Waals surface area contributed by atoms with Crippen molar-refractivity contribution in [1.82, 2.24) is 15.5 Å². The van der Waals surface area contributed by atoms with Crippen LogP contribution in [0.4, 0.5) is 5.82 Å². The molecular formula is C22H30N4O2. The van der Waals surface area contributed by atoms with Crippen LogP contribution in [0, 0.1) is 5.92 Å². The number of benzene rings is 1. The van der Waals surface area contributed by atoms with Crippen molar-refractivity contribution in [3.8, 4) is 17.0 Å². The van der Waals surface area contributed by atoms with Crippen molar-refractivity contribution in [2.45, 2.75) is 51.0 Å². The molecular weight excluding hydrogens is 352 g/mol. The maximum absolute atomic E-state index is 12.6. The molecule has 1 saturated carbocycles. The van der Waals surface area contributed by atoms with Crippen molar-refractivity contribution in [3.05, 3.63) is 30.3 Å². The Labute approximate surface area is 166 Å². The molecule has 2 fully saturated rings. The number of rotatable bonds is 5. The van der Waals surface area contributed by atoms with E-state index >= 15 is 0 Å². The summed E-state index contributed by atoms with van der Waals surface area (Å²) < 4.78 is 5.22. The number of methoxy groups -OCH3 is 1. The number of hydrogen-bond donors (Lipinski definition) is 2. The average molecular weight is 383 g/mol. The minimum atomic E-state index is 0.212. The molecule has 1 aliphatic heterocycles. The molecule has 0 spiro atoms. The average Bonchev–Trinajstić information content (AvgIpc) is 3.25. The highest BCUT2D eigenvalue weighted by Crippen LogP contribution is 2.27. The minimum absolute atomic E-state index is 0.212. The number of piperidine rings is 1. The van der Waals surface area contributed by atoms with Gasteiger partial charge in [-0.1, -0.05) is 19.3 Å². The van der Waals surface area contributed by atoms with E-state index in [9.17, 15) is 4.79 Å². The molecule has 4 rings (SSSR count). The summed E-state index contributed by atoms with van der Waals surface area (Å²) in [6, 6.07) is 10.3. The number of carbonyl (C=O) groups is 1. The van der Waals surface area contributed by atoms with E-state index in [1.165, 1.54) is 19.3 Å². The SMILES string of the molecule is COc1ccc(-c2cc(N3CCCC(NC(=O)C4CCCCC4)C3)n[nH]2)cc1. The number of anilines is 1. The van der Waals surface area contributed by atoms with Crippen molar-refractivity contribution >= 4 is 11.7 Å². The second-order valence-electron chi connectivity index (χ2n) is 8.00. The Morgan fingerprint density at radius 2 is 1.93 bits per heavy atom. The van der Waals surface area contributed by atoms with Gasteiger partial charge < -0.3 is 15.0 Å². The van der Waals surface area contributed by atoms with Crippen LogP contribution in [-0.2, 0) is 4.79 Å². The van der Waals surface area contributed by atoms with Crippen LogP contribution in [0.3, 0.4) is 0 Å². The van der Waals surface area contributed by atoms with Crippen LogP contribution in [0.2, 0.25) is 0 Å². The molecule has 2 heterocycles. The summed E-state index contributed by atoms with van der Waals surface area (Å²) in [4.78, 5) is 14.9. The van der Waals surface area contributed by atoms with Crippen molar-refractivity contribution in [2.75, 3.05) is 25.1 Å². The van der Waals surface area contributed by atoms with Crippen molar-refractivity contribution in [1.29, 1.82) is 0 Å². The predicted molar refractivity (Wildman–Crippen MR) is 111 cm³/mol. The summed E-state index contributed by atoms with van der Waals surface area (Å²) in [6.07, 6.45) is 7.87. The zero-order chi connectivity index (χ0) is 19.3. The van der Waals surface area contributed by atoms with Crippen LogP contribution in [0.15, 0.2) is 30.3 Å². The Hall–Kier alpha value is -2.50. The largest absolute Gasteiger partial charge is 0.497 e. The highest BCUT2D eigenvalue weighted by atomic mass is 16.5. The Kier molecular flexibility index (Phi) is 5.84. The number of amides is 1. The molecule has 1 atom stereocenters. The van der Waals surface area contributed by atoms with E-state index < -0.39 is 0 Å². The van der Waals surface area contributed by atoms with Crippen LogP contribution >= 0.6 is 0 Å². The van der Waals surface area contributed by atoms with E-state index in [1.54, 1.807) is 7.11 Å². The third-order valence-corrected chi connectivity index (χ3v) is 6.03. The zero-order valence-electron chi connectivity index (χ0n) is 16.6. The highest BCUT2D eigenvalue weighted by molar-refractivity contribution is 5.79. The fourth-order valence-corrected chi connectivity index (χ4v) is 4.38. The van der Waals surface area contributed by atoms with E-state index in [0.717, 1.165) is 61.6 Å². The van der Waals surface area contributed by atoms with Gasteiger partial charge in [-0.15, -0.1) is 0 Å². The topological polar surface area (TPSA) is 70.2 Å². The van der Waals surface area contributed by atoms with Gasteiger partial charge in [-0.3, -0.25) is 9.89 Å². The van der Waals surface area contributed by atoms with Gasteiger partial charge in [0, 0.05) is 31.1 Å². The first-order chi connectivity index (χ1) is 13.7. The Morgan fingerprint density at radius 3 is 2.68 bits per heavy atom. The molecule has 2 N–H and O–H groups in total. The second-order valence-corrected chi connectivity index (χ2v) is 8.00. The number of ether oxygens (including phenoxy) is 1. The van der Waals surface area contributed by atoms with Gasteiger partial charge in [0.1, 0.15) is 5.75 Å². The predicted octanol–water partition coefficient (Wildman–Crippen LogP) is 3.75. The van der Waals surface area contributed by atoms with Crippen LogP contribution in [0.25, 0.3) is 11.3 Å². The third-order valence-electron chi connectivity index (χ3n) is 6.03. The first kappa shape index (κ1) is 18.8. The maximum atomic E-state index is 12.6. The molecule has 1 unspecified atom stereocenters. The summed E-state index contributed by atoms with van der Waals surface area (Å²) in [7, 11) is 1.67. The van der Waals surface area contributed by atoms with E-state index in [1.807, 2.05) is 24.3 Å². The Bertz CT molecular complexity index is 780. The van der Waals surface area contributed by atoms with E-state index in [4.69, 9.17) is 4.74 Å². The highest BCUT2D eigenvalue weighted by Gasteiger charge is 2.27. The fraction of sp³-hybridized carbons (Fsp3) is 0.545. The van der Waals surface area contributed by atoms with Crippen LogP contribution in [-0.4, -0.2) is 42.3 Å². The first-order valence-corrected chi connectivity index (χ1v) is 10.5. The van der Waals surface area contributed by atoms with Crippen LogP contribution in [0.5, 0.6) is 5.75 Å². The Morgan fingerprint density at radius 1 is 1.14 bits per heavy atom. The number of aromatic nitrogens is 2. The van der Waals surface area contributed by atoms with Gasteiger partial charge in [0.2, 0.25) is 5.91 Å². The van der Waals surface area contributed by atoms with Crippen LogP contribution in [0.1, 0.15) is 44.9 Å². The van der Waals surface area contributed by atoms with Crippen molar-refractivity contribution < 1.29 is 9.53 Å². The van der Waals surface area contributed by atoms with Gasteiger partial charge >= 0.3 is 0 Å². The number of aromatic amines is 1. The summed E-state index contributed by atoms with van der Waals surface area (Å²) >= 11 is 0. The fourth-order valence-electron chi connectivity index (χ4n) is 4.38. The molecule has 1 aromatic heterocycles. The van der Waals surface area contributed by atoms with Crippen LogP contribution < -0.4 is 15.0 Å². The van der Waals surface area contributed by atoms with Gasteiger partial charge in [-0.05, 0) is 55.5 Å². The molecule has 150 valence electrons. The van der Waals surface area contributed by atoms with Gasteiger partial charge in [0.05, 0.1) is 12.8 Å². The Balaban J connectivity index is 1.37. The summed E-state index contributed by atoms with van der Waals surface area (Å²) in [5.74, 6) is 2.27. The standard InChI is InChI=1S/C22H30N4O2/c1-28-19-11-9-16(10-12-19)20-14-21(25-24-20)26-13-5-8-18(15-26)23-22(27)17-6-3-2-4-7-17/h9-12,14,17-18H,2-8,13,15H2,1H3,(H,23,27)(H,24,25). The molecule has 0 bridgehead atoms. The number of hydrogen-bond acceptors (Lipinski definition) is 4. The van der Waals surface area contributed by atoms with Gasteiger partial charge in [0.25, 0.3) is 0 Å². The van der Waals surface area contributed by atoms with E-state index in [0.29, 0.717) is 0 Å². The lowest BCUT2D eigenvalue weighted by Crippen LogP contribution is -2.49. The number of nitrogens with zero attached hydrogens (tertiary/aromatic N) is 2. The van der Waals surface area contributed by atoms with E-state index in [-0.39, 0.29) is 17.9 Å². The van der Waals surface area contributed by atoms with Gasteiger partial charge in [-0.25, -0.2) is 0 Å². The normalized spacial score (nSPS) is 20.8. The third kappa shape index (κ3) is 4.32. The molecule has 6 heteroatoms. The van der Waals surface area contributed by atoms with Crippen molar-refractivity contribution in [3.63, 3.8) is 0 Å².